The molecule has 1 aliphatic rings. The number of hydrogen-bond acceptors (Lipinski definition) is 2. The molecule has 17 heavy (non-hydrogen) atoms. The molecule has 0 fully saturated rings. The number of nitrogens with one attached hydrogen (secondary N) is 1. The van der Waals surface area contributed by atoms with Crippen LogP contribution in [0.1, 0.15) is 49.9 Å². The van der Waals surface area contributed by atoms with Crippen LogP contribution in [0.2, 0.25) is 0 Å². The van der Waals surface area contributed by atoms with Crippen molar-refractivity contribution in [3.63, 3.8) is 0 Å². The molecule has 0 saturated heterocycles. The standard InChI is InChI=1S/C14H20BrNS/c1-2-9-16-13(11-6-4-3-5-7-11)14-12(15)8-10-17-14/h6,8,10,13,16H,2-5,7,9H2,1H3. The molecule has 1 atom stereocenters. The lowest BCUT2D eigenvalue weighted by Crippen LogP contribution is -2.24. The fraction of sp³-hybridized carbons (Fsp3) is 0.571. The summed E-state index contributed by atoms with van der Waals surface area (Å²) >= 11 is 5.52. The summed E-state index contributed by atoms with van der Waals surface area (Å²) in [6.07, 6.45) is 8.85. The lowest BCUT2D eigenvalue weighted by atomic mass is 9.93. The fourth-order valence-electron chi connectivity index (χ4n) is 2.32. The van der Waals surface area contributed by atoms with Crippen LogP contribution in [0, 0.1) is 0 Å². The highest BCUT2D eigenvalue weighted by Crippen LogP contribution is 2.36. The van der Waals surface area contributed by atoms with Gasteiger partial charge in [-0.05, 0) is 66.0 Å². The molecule has 2 rings (SSSR count). The van der Waals surface area contributed by atoms with Gasteiger partial charge in [-0.15, -0.1) is 11.3 Å². The van der Waals surface area contributed by atoms with Gasteiger partial charge in [-0.2, -0.15) is 0 Å². The van der Waals surface area contributed by atoms with E-state index in [1.165, 1.54) is 41.5 Å². The molecule has 0 spiro atoms. The molecule has 0 aliphatic heterocycles. The third-order valence-corrected chi connectivity index (χ3v) is 5.14. The highest BCUT2D eigenvalue weighted by molar-refractivity contribution is 9.10. The zero-order valence-electron chi connectivity index (χ0n) is 10.3. The number of rotatable bonds is 5. The van der Waals surface area contributed by atoms with E-state index in [0.29, 0.717) is 6.04 Å². The van der Waals surface area contributed by atoms with Crippen molar-refractivity contribution >= 4 is 27.3 Å². The average molecular weight is 314 g/mol. The SMILES string of the molecule is CCCNC(C1=CCCCC1)c1sccc1Br. The molecule has 1 N–H and O–H groups in total. The average Bonchev–Trinajstić information content (AvgIpc) is 2.78. The molecule has 3 heteroatoms. The quantitative estimate of drug-likeness (QED) is 0.750. The van der Waals surface area contributed by atoms with Crippen molar-refractivity contribution in [2.45, 2.75) is 45.1 Å². The predicted molar refractivity (Wildman–Crippen MR) is 79.6 cm³/mol. The Morgan fingerprint density at radius 1 is 1.47 bits per heavy atom. The minimum atomic E-state index is 0.435. The highest BCUT2D eigenvalue weighted by atomic mass is 79.9. The molecular formula is C14H20BrNS. The monoisotopic (exact) mass is 313 g/mol. The number of hydrogen-bond donors (Lipinski definition) is 1. The van der Waals surface area contributed by atoms with Crippen LogP contribution in [-0.4, -0.2) is 6.54 Å². The van der Waals surface area contributed by atoms with Crippen LogP contribution in [-0.2, 0) is 0 Å². The van der Waals surface area contributed by atoms with Crippen LogP contribution in [0.25, 0.3) is 0 Å². The van der Waals surface area contributed by atoms with Crippen molar-refractivity contribution in [1.29, 1.82) is 0 Å². The molecule has 0 bridgehead atoms. The Balaban J connectivity index is 2.18. The first-order chi connectivity index (χ1) is 8.33. The Kier molecular flexibility index (Phi) is 5.26. The summed E-state index contributed by atoms with van der Waals surface area (Å²) in [5.74, 6) is 0. The minimum absolute atomic E-state index is 0.435. The third kappa shape index (κ3) is 3.43. The summed E-state index contributed by atoms with van der Waals surface area (Å²) in [6, 6.07) is 2.59. The lowest BCUT2D eigenvalue weighted by Gasteiger charge is -2.24. The number of thiophene rings is 1. The van der Waals surface area contributed by atoms with Gasteiger partial charge in [0.25, 0.3) is 0 Å². The van der Waals surface area contributed by atoms with Crippen molar-refractivity contribution < 1.29 is 0 Å². The Hall–Kier alpha value is -0.120. The molecule has 1 unspecified atom stereocenters. The molecule has 0 amide bonds. The van der Waals surface area contributed by atoms with E-state index >= 15 is 0 Å². The smallest absolute Gasteiger partial charge is 0.0641 e. The van der Waals surface area contributed by atoms with Gasteiger partial charge in [-0.25, -0.2) is 0 Å². The molecule has 0 saturated carbocycles. The van der Waals surface area contributed by atoms with Crippen molar-refractivity contribution in [1.82, 2.24) is 5.32 Å². The van der Waals surface area contributed by atoms with Gasteiger partial charge in [0.15, 0.2) is 0 Å². The van der Waals surface area contributed by atoms with E-state index in [-0.39, 0.29) is 0 Å². The first-order valence-electron chi connectivity index (χ1n) is 6.48. The largest absolute Gasteiger partial charge is 0.306 e. The first kappa shape index (κ1) is 13.3. The molecule has 94 valence electrons. The van der Waals surface area contributed by atoms with Crippen molar-refractivity contribution in [2.75, 3.05) is 6.54 Å². The number of halogens is 1. The maximum absolute atomic E-state index is 3.69. The fourth-order valence-corrected chi connectivity index (χ4v) is 4.04. The second kappa shape index (κ2) is 6.72. The van der Waals surface area contributed by atoms with Gasteiger partial charge in [0.2, 0.25) is 0 Å². The van der Waals surface area contributed by atoms with Gasteiger partial charge in [0.1, 0.15) is 0 Å². The summed E-state index contributed by atoms with van der Waals surface area (Å²) in [4.78, 5) is 1.44. The maximum Gasteiger partial charge on any atom is 0.0641 e. The van der Waals surface area contributed by atoms with Crippen LogP contribution in [0.3, 0.4) is 0 Å². The minimum Gasteiger partial charge on any atom is -0.306 e. The van der Waals surface area contributed by atoms with Gasteiger partial charge >= 0.3 is 0 Å². The van der Waals surface area contributed by atoms with E-state index in [0.717, 1.165) is 6.54 Å². The second-order valence-electron chi connectivity index (χ2n) is 4.54. The van der Waals surface area contributed by atoms with Crippen LogP contribution < -0.4 is 5.32 Å². The topological polar surface area (TPSA) is 12.0 Å². The van der Waals surface area contributed by atoms with E-state index in [4.69, 9.17) is 0 Å². The van der Waals surface area contributed by atoms with E-state index < -0.39 is 0 Å². The lowest BCUT2D eigenvalue weighted by molar-refractivity contribution is 0.551. The molecule has 0 aromatic carbocycles. The van der Waals surface area contributed by atoms with E-state index in [1.54, 1.807) is 5.57 Å². The highest BCUT2D eigenvalue weighted by Gasteiger charge is 2.20. The van der Waals surface area contributed by atoms with Gasteiger partial charge in [-0.3, -0.25) is 0 Å². The molecule has 1 aromatic heterocycles. The molecule has 1 aliphatic carbocycles. The van der Waals surface area contributed by atoms with Gasteiger partial charge < -0.3 is 5.32 Å². The van der Waals surface area contributed by atoms with Crippen molar-refractivity contribution in [3.05, 3.63) is 32.4 Å². The van der Waals surface area contributed by atoms with Crippen LogP contribution in [0.15, 0.2) is 27.6 Å². The van der Waals surface area contributed by atoms with Crippen LogP contribution >= 0.6 is 27.3 Å². The van der Waals surface area contributed by atoms with Gasteiger partial charge in [0, 0.05) is 9.35 Å². The van der Waals surface area contributed by atoms with Gasteiger partial charge in [-0.1, -0.05) is 18.6 Å². The Bertz CT molecular complexity index is 383. The maximum atomic E-state index is 3.69. The second-order valence-corrected chi connectivity index (χ2v) is 6.35. The molecular weight excluding hydrogens is 294 g/mol. The summed E-state index contributed by atoms with van der Waals surface area (Å²) in [6.45, 7) is 3.31. The molecule has 1 nitrogen and oxygen atoms in total. The Labute approximate surface area is 116 Å². The Morgan fingerprint density at radius 3 is 2.94 bits per heavy atom. The Morgan fingerprint density at radius 2 is 2.35 bits per heavy atom. The predicted octanol–water partition coefficient (Wildman–Crippen LogP) is 5.05. The van der Waals surface area contributed by atoms with E-state index in [9.17, 15) is 0 Å². The summed E-state index contributed by atoms with van der Waals surface area (Å²) in [5, 5.41) is 5.86. The molecule has 1 aromatic rings. The zero-order chi connectivity index (χ0) is 12.1. The van der Waals surface area contributed by atoms with Crippen LogP contribution in [0.5, 0.6) is 0 Å². The summed E-state index contributed by atoms with van der Waals surface area (Å²) in [7, 11) is 0. The number of allylic oxidation sites excluding steroid dienone is 1. The zero-order valence-corrected chi connectivity index (χ0v) is 12.7. The normalized spacial score (nSPS) is 17.9. The summed E-state index contributed by atoms with van der Waals surface area (Å²) < 4.78 is 1.25. The van der Waals surface area contributed by atoms with Gasteiger partial charge in [0.05, 0.1) is 6.04 Å². The first-order valence-corrected chi connectivity index (χ1v) is 8.15. The van der Waals surface area contributed by atoms with Crippen molar-refractivity contribution in [2.24, 2.45) is 0 Å². The third-order valence-electron chi connectivity index (χ3n) is 3.20. The molecule has 0 radical (unpaired) electrons. The molecule has 1 heterocycles. The van der Waals surface area contributed by atoms with E-state index in [1.807, 2.05) is 11.3 Å². The van der Waals surface area contributed by atoms with Crippen LogP contribution in [0.4, 0.5) is 0 Å². The van der Waals surface area contributed by atoms with E-state index in [2.05, 4.69) is 45.7 Å². The van der Waals surface area contributed by atoms with Crippen molar-refractivity contribution in [3.8, 4) is 0 Å². The summed E-state index contributed by atoms with van der Waals surface area (Å²) in [5.41, 5.74) is 1.59.